The number of amides is 1. The molecule has 0 bridgehead atoms. The van der Waals surface area contributed by atoms with E-state index in [2.05, 4.69) is 17.1 Å². The Morgan fingerprint density at radius 2 is 2.12 bits per heavy atom. The molecule has 7 heteroatoms. The molecule has 3 rings (SSSR count). The number of piperidine rings is 1. The average molecular weight is 360 g/mol. The molecule has 0 aliphatic carbocycles. The first-order valence-electron chi connectivity index (χ1n) is 8.57. The van der Waals surface area contributed by atoms with Crippen molar-refractivity contribution in [2.75, 3.05) is 19.4 Å². The van der Waals surface area contributed by atoms with Crippen molar-refractivity contribution in [1.29, 1.82) is 0 Å². The number of rotatable bonds is 5. The lowest BCUT2D eigenvalue weighted by molar-refractivity contribution is -0.131. The smallest absolute Gasteiger partial charge is 0.233 e. The summed E-state index contributed by atoms with van der Waals surface area (Å²) in [6, 6.07) is 8.06. The Balaban J connectivity index is 1.70. The molecule has 1 aromatic heterocycles. The highest BCUT2D eigenvalue weighted by Crippen LogP contribution is 2.30. The van der Waals surface area contributed by atoms with Crippen LogP contribution in [0.5, 0.6) is 5.75 Å². The first-order valence-corrected chi connectivity index (χ1v) is 9.55. The van der Waals surface area contributed by atoms with Gasteiger partial charge in [0.15, 0.2) is 11.0 Å². The van der Waals surface area contributed by atoms with Crippen LogP contribution in [-0.4, -0.2) is 51.0 Å². The summed E-state index contributed by atoms with van der Waals surface area (Å²) >= 11 is 1.44. The number of nitrogens with zero attached hydrogens (tertiary/aromatic N) is 4. The Labute approximate surface area is 152 Å². The van der Waals surface area contributed by atoms with Crippen LogP contribution in [0.4, 0.5) is 0 Å². The van der Waals surface area contributed by atoms with Crippen LogP contribution < -0.4 is 4.74 Å². The quantitative estimate of drug-likeness (QED) is 0.767. The third-order valence-electron chi connectivity index (χ3n) is 4.63. The summed E-state index contributed by atoms with van der Waals surface area (Å²) in [6.45, 7) is 3.00. The first-order chi connectivity index (χ1) is 12.1. The molecule has 1 aliphatic rings. The molecule has 0 radical (unpaired) electrons. The Morgan fingerprint density at radius 1 is 1.32 bits per heavy atom. The van der Waals surface area contributed by atoms with E-state index in [0.717, 1.165) is 41.7 Å². The van der Waals surface area contributed by atoms with Crippen LogP contribution in [0.1, 0.15) is 26.2 Å². The highest BCUT2D eigenvalue weighted by Gasteiger charge is 2.24. The monoisotopic (exact) mass is 360 g/mol. The maximum Gasteiger partial charge on any atom is 0.233 e. The molecule has 6 nitrogen and oxygen atoms in total. The van der Waals surface area contributed by atoms with Crippen LogP contribution in [0.2, 0.25) is 0 Å². The molecule has 1 amide bonds. The van der Waals surface area contributed by atoms with Crippen molar-refractivity contribution in [3.05, 3.63) is 24.3 Å². The maximum atomic E-state index is 12.5. The minimum Gasteiger partial charge on any atom is -0.496 e. The minimum atomic E-state index is 0.180. The van der Waals surface area contributed by atoms with Crippen molar-refractivity contribution in [2.45, 2.75) is 37.4 Å². The highest BCUT2D eigenvalue weighted by molar-refractivity contribution is 7.99. The molecule has 1 aliphatic heterocycles. The number of likely N-dealkylation sites (tertiary alicyclic amines) is 1. The van der Waals surface area contributed by atoms with Crippen LogP contribution >= 0.6 is 11.8 Å². The molecule has 0 saturated carbocycles. The fraction of sp³-hybridized carbons (Fsp3) is 0.500. The molecule has 1 unspecified atom stereocenters. The zero-order valence-electron chi connectivity index (χ0n) is 14.9. The van der Waals surface area contributed by atoms with Crippen LogP contribution in [-0.2, 0) is 11.8 Å². The molecule has 1 saturated heterocycles. The Kier molecular flexibility index (Phi) is 5.63. The van der Waals surface area contributed by atoms with Gasteiger partial charge in [-0.1, -0.05) is 23.9 Å². The second-order valence-electron chi connectivity index (χ2n) is 6.29. The fourth-order valence-electron chi connectivity index (χ4n) is 3.18. The summed E-state index contributed by atoms with van der Waals surface area (Å²) < 4.78 is 7.32. The fourth-order valence-corrected chi connectivity index (χ4v) is 3.98. The molecule has 2 heterocycles. The first kappa shape index (κ1) is 17.8. The highest BCUT2D eigenvalue weighted by atomic mass is 32.2. The number of methoxy groups -OCH3 is 1. The Bertz CT molecular complexity index is 746. The molecule has 0 spiro atoms. The molecule has 1 fully saturated rings. The van der Waals surface area contributed by atoms with Crippen LogP contribution in [0.15, 0.2) is 29.4 Å². The summed E-state index contributed by atoms with van der Waals surface area (Å²) in [7, 11) is 3.56. The summed E-state index contributed by atoms with van der Waals surface area (Å²) in [4.78, 5) is 14.5. The minimum absolute atomic E-state index is 0.180. The van der Waals surface area contributed by atoms with Gasteiger partial charge < -0.3 is 14.2 Å². The second-order valence-corrected chi connectivity index (χ2v) is 7.23. The summed E-state index contributed by atoms with van der Waals surface area (Å²) in [5.74, 6) is 2.06. The Hall–Kier alpha value is -2.02. The van der Waals surface area contributed by atoms with E-state index in [-0.39, 0.29) is 5.91 Å². The van der Waals surface area contributed by atoms with E-state index in [1.807, 2.05) is 40.8 Å². The standard InChI is InChI=1S/C18H24N4O2S/c1-13-8-6-7-11-22(13)16(23)12-25-18-20-19-17(21(18)2)14-9-4-5-10-15(14)24-3/h4-5,9-10,13H,6-8,11-12H2,1-3H3. The SMILES string of the molecule is COc1ccccc1-c1nnc(SCC(=O)N2CCCCC2C)n1C. The number of ether oxygens (including phenoxy) is 1. The van der Waals surface area contributed by atoms with Crippen molar-refractivity contribution in [3.63, 3.8) is 0 Å². The molecule has 1 atom stereocenters. The number of carbonyl (C=O) groups is 1. The number of thioether (sulfide) groups is 1. The number of hydrogen-bond acceptors (Lipinski definition) is 5. The molecule has 2 aromatic rings. The number of benzene rings is 1. The lowest BCUT2D eigenvalue weighted by Crippen LogP contribution is -2.42. The van der Waals surface area contributed by atoms with Gasteiger partial charge in [-0.25, -0.2) is 0 Å². The lowest BCUT2D eigenvalue weighted by atomic mass is 10.0. The van der Waals surface area contributed by atoms with Gasteiger partial charge in [-0.15, -0.1) is 10.2 Å². The second kappa shape index (κ2) is 7.91. The van der Waals surface area contributed by atoms with Gasteiger partial charge in [-0.3, -0.25) is 4.79 Å². The number of hydrogen-bond donors (Lipinski definition) is 0. The van der Waals surface area contributed by atoms with Gasteiger partial charge in [-0.05, 0) is 38.3 Å². The third kappa shape index (κ3) is 3.81. The predicted molar refractivity (Wildman–Crippen MR) is 98.7 cm³/mol. The van der Waals surface area contributed by atoms with Crippen LogP contribution in [0.25, 0.3) is 11.4 Å². The molecular weight excluding hydrogens is 336 g/mol. The van der Waals surface area contributed by atoms with Crippen molar-refractivity contribution in [1.82, 2.24) is 19.7 Å². The van der Waals surface area contributed by atoms with E-state index in [0.29, 0.717) is 11.8 Å². The summed E-state index contributed by atoms with van der Waals surface area (Å²) in [5.41, 5.74) is 0.892. The van der Waals surface area contributed by atoms with E-state index >= 15 is 0 Å². The van der Waals surface area contributed by atoms with Crippen molar-refractivity contribution in [2.24, 2.45) is 7.05 Å². The lowest BCUT2D eigenvalue weighted by Gasteiger charge is -2.33. The van der Waals surface area contributed by atoms with E-state index in [1.165, 1.54) is 18.2 Å². The zero-order valence-corrected chi connectivity index (χ0v) is 15.8. The Morgan fingerprint density at radius 3 is 2.88 bits per heavy atom. The van der Waals surface area contributed by atoms with Crippen molar-refractivity contribution < 1.29 is 9.53 Å². The van der Waals surface area contributed by atoms with Crippen LogP contribution in [0, 0.1) is 0 Å². The predicted octanol–water partition coefficient (Wildman–Crippen LogP) is 2.98. The van der Waals surface area contributed by atoms with Gasteiger partial charge in [-0.2, -0.15) is 0 Å². The van der Waals surface area contributed by atoms with Gasteiger partial charge in [0.2, 0.25) is 5.91 Å². The normalized spacial score (nSPS) is 17.6. The largest absolute Gasteiger partial charge is 0.496 e. The van der Waals surface area contributed by atoms with Gasteiger partial charge in [0.1, 0.15) is 5.75 Å². The van der Waals surface area contributed by atoms with Gasteiger partial charge in [0.05, 0.1) is 18.4 Å². The summed E-state index contributed by atoms with van der Waals surface area (Å²) in [5, 5.41) is 9.28. The van der Waals surface area contributed by atoms with E-state index in [1.54, 1.807) is 7.11 Å². The van der Waals surface area contributed by atoms with Gasteiger partial charge in [0.25, 0.3) is 0 Å². The zero-order chi connectivity index (χ0) is 17.8. The number of para-hydroxylation sites is 1. The van der Waals surface area contributed by atoms with Crippen molar-refractivity contribution >= 4 is 17.7 Å². The third-order valence-corrected chi connectivity index (χ3v) is 5.64. The van der Waals surface area contributed by atoms with Gasteiger partial charge in [0, 0.05) is 19.6 Å². The van der Waals surface area contributed by atoms with Crippen molar-refractivity contribution in [3.8, 4) is 17.1 Å². The molecular formula is C18H24N4O2S. The van der Waals surface area contributed by atoms with Crippen LogP contribution in [0.3, 0.4) is 0 Å². The van der Waals surface area contributed by atoms with E-state index < -0.39 is 0 Å². The summed E-state index contributed by atoms with van der Waals surface area (Å²) in [6.07, 6.45) is 3.41. The topological polar surface area (TPSA) is 60.3 Å². The molecule has 25 heavy (non-hydrogen) atoms. The number of carbonyl (C=O) groups excluding carboxylic acids is 1. The molecule has 134 valence electrons. The van der Waals surface area contributed by atoms with Gasteiger partial charge >= 0.3 is 0 Å². The average Bonchev–Trinajstić information content (AvgIpc) is 3.00. The number of aromatic nitrogens is 3. The van der Waals surface area contributed by atoms with E-state index in [4.69, 9.17) is 4.74 Å². The maximum absolute atomic E-state index is 12.5. The van der Waals surface area contributed by atoms with E-state index in [9.17, 15) is 4.79 Å². The molecule has 0 N–H and O–H groups in total. The molecule has 1 aromatic carbocycles.